The SMILES string of the molecule is Cc1ccc(C[C@H](CON)NC(=O)c2cc(Cl)nnc2Cl)c(C)c1. The number of nitrogens with zero attached hydrogens (tertiary/aromatic N) is 2. The number of hydrogen-bond donors (Lipinski definition) is 2. The summed E-state index contributed by atoms with van der Waals surface area (Å²) in [5, 5.41) is 10.1. The van der Waals surface area contributed by atoms with Crippen LogP contribution in [0.25, 0.3) is 0 Å². The number of nitrogens with one attached hydrogen (secondary N) is 1. The molecule has 6 nitrogen and oxygen atoms in total. The first-order valence-corrected chi connectivity index (χ1v) is 8.03. The van der Waals surface area contributed by atoms with E-state index in [1.165, 1.54) is 11.6 Å². The lowest BCUT2D eigenvalue weighted by Gasteiger charge is -2.19. The number of hydrogen-bond acceptors (Lipinski definition) is 5. The maximum atomic E-state index is 12.4. The zero-order chi connectivity index (χ0) is 17.7. The van der Waals surface area contributed by atoms with Crippen LogP contribution in [0, 0.1) is 13.8 Å². The van der Waals surface area contributed by atoms with Gasteiger partial charge in [0.25, 0.3) is 5.91 Å². The molecule has 0 saturated carbocycles. The highest BCUT2D eigenvalue weighted by Crippen LogP contribution is 2.17. The summed E-state index contributed by atoms with van der Waals surface area (Å²) in [6, 6.07) is 7.17. The molecule has 0 aliphatic carbocycles. The number of benzene rings is 1. The highest BCUT2D eigenvalue weighted by atomic mass is 35.5. The van der Waals surface area contributed by atoms with Gasteiger partial charge >= 0.3 is 0 Å². The number of halogens is 2. The van der Waals surface area contributed by atoms with Crippen molar-refractivity contribution >= 4 is 29.1 Å². The predicted octanol–water partition coefficient (Wildman–Crippen LogP) is 2.63. The highest BCUT2D eigenvalue weighted by molar-refractivity contribution is 6.34. The third-order valence-corrected chi connectivity index (χ3v) is 4.02. The molecule has 0 saturated heterocycles. The Kier molecular flexibility index (Phi) is 6.51. The van der Waals surface area contributed by atoms with Gasteiger partial charge in [0.15, 0.2) is 10.3 Å². The molecule has 0 aliphatic rings. The van der Waals surface area contributed by atoms with Crippen LogP contribution in [0.5, 0.6) is 0 Å². The van der Waals surface area contributed by atoms with Crippen LogP contribution in [-0.2, 0) is 11.3 Å². The Balaban J connectivity index is 2.15. The number of nitrogens with two attached hydrogens (primary N) is 1. The van der Waals surface area contributed by atoms with Crippen molar-refractivity contribution in [3.8, 4) is 0 Å². The molecule has 3 N–H and O–H groups in total. The molecule has 0 radical (unpaired) electrons. The normalized spacial score (nSPS) is 12.0. The van der Waals surface area contributed by atoms with E-state index < -0.39 is 5.91 Å². The molecule has 24 heavy (non-hydrogen) atoms. The number of carbonyl (C=O) groups is 1. The largest absolute Gasteiger partial charge is 0.346 e. The van der Waals surface area contributed by atoms with E-state index in [2.05, 4.69) is 21.6 Å². The van der Waals surface area contributed by atoms with E-state index in [1.54, 1.807) is 0 Å². The molecule has 0 spiro atoms. The second kappa shape index (κ2) is 8.39. The molecule has 2 aromatic rings. The number of aromatic nitrogens is 2. The summed E-state index contributed by atoms with van der Waals surface area (Å²) in [5.74, 6) is 4.78. The van der Waals surface area contributed by atoms with Crippen LogP contribution in [0.4, 0.5) is 0 Å². The van der Waals surface area contributed by atoms with Gasteiger partial charge in [-0.15, -0.1) is 10.2 Å². The van der Waals surface area contributed by atoms with E-state index in [0.29, 0.717) is 6.42 Å². The van der Waals surface area contributed by atoms with Crippen molar-refractivity contribution in [2.24, 2.45) is 5.90 Å². The number of rotatable bonds is 6. The average Bonchev–Trinajstić information content (AvgIpc) is 2.52. The van der Waals surface area contributed by atoms with Crippen molar-refractivity contribution in [2.75, 3.05) is 6.61 Å². The van der Waals surface area contributed by atoms with Gasteiger partial charge in [0, 0.05) is 0 Å². The predicted molar refractivity (Wildman–Crippen MR) is 93.1 cm³/mol. The standard InChI is InChI=1S/C16H18Cl2N4O2/c1-9-3-4-11(10(2)5-9)6-12(8-24-19)20-16(23)13-7-14(17)21-22-15(13)18/h3-5,7,12H,6,8,19H2,1-2H3,(H,20,23)/t12-/m1/s1. The summed E-state index contributed by atoms with van der Waals surface area (Å²) in [6.07, 6.45) is 0.568. The fourth-order valence-electron chi connectivity index (χ4n) is 2.38. The minimum absolute atomic E-state index is 0.0177. The van der Waals surface area contributed by atoms with Gasteiger partial charge in [0.05, 0.1) is 18.2 Å². The van der Waals surface area contributed by atoms with Gasteiger partial charge in [-0.05, 0) is 37.5 Å². The van der Waals surface area contributed by atoms with Crippen molar-refractivity contribution in [3.05, 3.63) is 56.8 Å². The molecule has 0 fully saturated rings. The Hall–Kier alpha value is -1.73. The number of aryl methyl sites for hydroxylation is 2. The second-order valence-electron chi connectivity index (χ2n) is 5.51. The third-order valence-electron chi connectivity index (χ3n) is 3.56. The monoisotopic (exact) mass is 368 g/mol. The Morgan fingerprint density at radius 1 is 1.29 bits per heavy atom. The van der Waals surface area contributed by atoms with Crippen LogP contribution in [-0.4, -0.2) is 28.8 Å². The molecule has 1 aromatic carbocycles. The topological polar surface area (TPSA) is 90.1 Å². The molecular formula is C16H18Cl2N4O2. The lowest BCUT2D eigenvalue weighted by Crippen LogP contribution is -2.40. The van der Waals surface area contributed by atoms with Gasteiger partial charge in [-0.3, -0.25) is 4.79 Å². The van der Waals surface area contributed by atoms with Gasteiger partial charge in [0.1, 0.15) is 0 Å². The van der Waals surface area contributed by atoms with Crippen LogP contribution in [0.2, 0.25) is 10.3 Å². The minimum atomic E-state index is -0.413. The molecule has 1 aromatic heterocycles. The van der Waals surface area contributed by atoms with Crippen LogP contribution in [0.1, 0.15) is 27.0 Å². The highest BCUT2D eigenvalue weighted by Gasteiger charge is 2.19. The van der Waals surface area contributed by atoms with E-state index in [0.717, 1.165) is 11.1 Å². The van der Waals surface area contributed by atoms with Crippen molar-refractivity contribution in [3.63, 3.8) is 0 Å². The zero-order valence-electron chi connectivity index (χ0n) is 13.3. The van der Waals surface area contributed by atoms with E-state index in [4.69, 9.17) is 33.9 Å². The first kappa shape index (κ1) is 18.6. The van der Waals surface area contributed by atoms with Crippen molar-refractivity contribution in [1.82, 2.24) is 15.5 Å². The summed E-state index contributed by atoms with van der Waals surface area (Å²) < 4.78 is 0. The van der Waals surface area contributed by atoms with E-state index in [1.807, 2.05) is 26.0 Å². The fraction of sp³-hybridized carbons (Fsp3) is 0.312. The van der Waals surface area contributed by atoms with Crippen LogP contribution >= 0.6 is 23.2 Å². The molecule has 0 bridgehead atoms. The lowest BCUT2D eigenvalue weighted by molar-refractivity contribution is 0.0839. The summed E-state index contributed by atoms with van der Waals surface area (Å²) in [6.45, 7) is 4.21. The quantitative estimate of drug-likeness (QED) is 0.764. The molecule has 1 heterocycles. The van der Waals surface area contributed by atoms with Gasteiger partial charge in [-0.1, -0.05) is 47.0 Å². The molecule has 8 heteroatoms. The Labute approximate surface area is 150 Å². The van der Waals surface area contributed by atoms with Gasteiger partial charge < -0.3 is 10.2 Å². The fourth-order valence-corrected chi connectivity index (χ4v) is 2.71. The number of carbonyl (C=O) groups excluding carboxylic acids is 1. The minimum Gasteiger partial charge on any atom is -0.346 e. The first-order chi connectivity index (χ1) is 11.4. The van der Waals surface area contributed by atoms with Gasteiger partial charge in [0.2, 0.25) is 0 Å². The van der Waals surface area contributed by atoms with E-state index in [-0.39, 0.29) is 28.5 Å². The molecule has 2 rings (SSSR count). The summed E-state index contributed by atoms with van der Waals surface area (Å²) >= 11 is 11.7. The third kappa shape index (κ3) is 4.88. The molecular weight excluding hydrogens is 351 g/mol. The first-order valence-electron chi connectivity index (χ1n) is 7.28. The van der Waals surface area contributed by atoms with E-state index in [9.17, 15) is 4.79 Å². The lowest BCUT2D eigenvalue weighted by atomic mass is 9.99. The maximum absolute atomic E-state index is 12.4. The Bertz CT molecular complexity index is 740. The van der Waals surface area contributed by atoms with Gasteiger partial charge in [-0.2, -0.15) is 0 Å². The molecule has 128 valence electrons. The molecule has 1 atom stereocenters. The van der Waals surface area contributed by atoms with E-state index >= 15 is 0 Å². The van der Waals surface area contributed by atoms with Crippen LogP contribution in [0.15, 0.2) is 24.3 Å². The maximum Gasteiger partial charge on any atom is 0.254 e. The summed E-state index contributed by atoms with van der Waals surface area (Å²) in [4.78, 5) is 17.1. The van der Waals surface area contributed by atoms with Crippen LogP contribution in [0.3, 0.4) is 0 Å². The average molecular weight is 369 g/mol. The zero-order valence-corrected chi connectivity index (χ0v) is 14.9. The van der Waals surface area contributed by atoms with Crippen LogP contribution < -0.4 is 11.2 Å². The molecule has 0 unspecified atom stereocenters. The second-order valence-corrected chi connectivity index (χ2v) is 6.25. The van der Waals surface area contributed by atoms with Crippen molar-refractivity contribution < 1.29 is 9.63 Å². The van der Waals surface area contributed by atoms with Gasteiger partial charge in [-0.25, -0.2) is 5.90 Å². The Morgan fingerprint density at radius 3 is 2.71 bits per heavy atom. The Morgan fingerprint density at radius 2 is 2.04 bits per heavy atom. The molecule has 1 amide bonds. The smallest absolute Gasteiger partial charge is 0.254 e. The summed E-state index contributed by atoms with van der Waals surface area (Å²) in [7, 11) is 0. The van der Waals surface area contributed by atoms with Crippen molar-refractivity contribution in [2.45, 2.75) is 26.3 Å². The number of amides is 1. The van der Waals surface area contributed by atoms with Crippen molar-refractivity contribution in [1.29, 1.82) is 0 Å². The molecule has 0 aliphatic heterocycles. The summed E-state index contributed by atoms with van der Waals surface area (Å²) in [5.41, 5.74) is 3.56.